The maximum atomic E-state index is 12.1. The highest BCUT2D eigenvalue weighted by Crippen LogP contribution is 2.19. The molecule has 0 radical (unpaired) electrons. The largest absolute Gasteiger partial charge is 0.478 e. The van der Waals surface area contributed by atoms with Gasteiger partial charge in [0.1, 0.15) is 6.04 Å². The van der Waals surface area contributed by atoms with Gasteiger partial charge in [-0.1, -0.05) is 42.0 Å². The molecule has 5 heteroatoms. The van der Waals surface area contributed by atoms with Gasteiger partial charge >= 0.3 is 5.97 Å². The van der Waals surface area contributed by atoms with Gasteiger partial charge in [0.05, 0.1) is 11.3 Å². The summed E-state index contributed by atoms with van der Waals surface area (Å²) in [5, 5.41) is 11.7. The van der Waals surface area contributed by atoms with Crippen LogP contribution in [0.2, 0.25) is 0 Å². The second-order valence-corrected chi connectivity index (χ2v) is 4.73. The number of aryl methyl sites for hydroxylation is 1. The highest BCUT2D eigenvalue weighted by molar-refractivity contribution is 6.02. The first-order chi connectivity index (χ1) is 9.99. The zero-order chi connectivity index (χ0) is 15.4. The van der Waals surface area contributed by atoms with Crippen molar-refractivity contribution >= 4 is 17.6 Å². The second-order valence-electron chi connectivity index (χ2n) is 4.73. The number of aromatic carboxylic acids is 1. The van der Waals surface area contributed by atoms with Crippen molar-refractivity contribution < 1.29 is 14.7 Å². The van der Waals surface area contributed by atoms with Crippen LogP contribution in [0.1, 0.15) is 27.5 Å². The lowest BCUT2D eigenvalue weighted by atomic mass is 10.1. The van der Waals surface area contributed by atoms with Gasteiger partial charge in [-0.15, -0.1) is 0 Å². The summed E-state index contributed by atoms with van der Waals surface area (Å²) in [7, 11) is 0. The van der Waals surface area contributed by atoms with Crippen LogP contribution < -0.4 is 11.1 Å². The second kappa shape index (κ2) is 6.19. The van der Waals surface area contributed by atoms with Crippen molar-refractivity contribution in [2.45, 2.75) is 13.0 Å². The van der Waals surface area contributed by atoms with Crippen LogP contribution in [0.5, 0.6) is 0 Å². The van der Waals surface area contributed by atoms with Crippen LogP contribution in [0, 0.1) is 6.92 Å². The van der Waals surface area contributed by atoms with E-state index in [-0.39, 0.29) is 11.3 Å². The lowest BCUT2D eigenvalue weighted by molar-refractivity contribution is -0.117. The quantitative estimate of drug-likeness (QED) is 0.803. The Labute approximate surface area is 122 Å². The summed E-state index contributed by atoms with van der Waals surface area (Å²) in [6.07, 6.45) is 0. The third-order valence-electron chi connectivity index (χ3n) is 3.10. The fourth-order valence-corrected chi connectivity index (χ4v) is 1.97. The molecule has 2 aromatic carbocycles. The third-order valence-corrected chi connectivity index (χ3v) is 3.10. The minimum atomic E-state index is -1.10. The first-order valence-electron chi connectivity index (χ1n) is 6.44. The first-order valence-corrected chi connectivity index (χ1v) is 6.44. The molecule has 0 spiro atoms. The Kier molecular flexibility index (Phi) is 4.35. The van der Waals surface area contributed by atoms with Crippen LogP contribution in [0.25, 0.3) is 0 Å². The molecule has 0 fully saturated rings. The van der Waals surface area contributed by atoms with Gasteiger partial charge in [-0.3, -0.25) is 4.79 Å². The number of carboxylic acid groups (broad SMARTS) is 1. The van der Waals surface area contributed by atoms with E-state index in [1.807, 2.05) is 6.07 Å². The van der Waals surface area contributed by atoms with Gasteiger partial charge in [0.15, 0.2) is 0 Å². The molecule has 0 saturated heterocycles. The van der Waals surface area contributed by atoms with E-state index in [1.54, 1.807) is 43.3 Å². The van der Waals surface area contributed by atoms with Gasteiger partial charge in [-0.25, -0.2) is 4.79 Å². The van der Waals surface area contributed by atoms with E-state index in [0.29, 0.717) is 5.56 Å². The molecule has 21 heavy (non-hydrogen) atoms. The molecule has 1 atom stereocenters. The highest BCUT2D eigenvalue weighted by Gasteiger charge is 2.18. The number of nitrogens with one attached hydrogen (secondary N) is 1. The lowest BCUT2D eigenvalue weighted by Crippen LogP contribution is -2.28. The Hall–Kier alpha value is -2.66. The number of carbonyl (C=O) groups is 2. The molecule has 0 saturated carbocycles. The maximum Gasteiger partial charge on any atom is 0.337 e. The molecule has 0 aliphatic carbocycles. The van der Waals surface area contributed by atoms with Crippen molar-refractivity contribution in [2.24, 2.45) is 5.73 Å². The number of nitrogens with two attached hydrogens (primary N) is 1. The van der Waals surface area contributed by atoms with Gasteiger partial charge in [-0.05, 0) is 24.6 Å². The Morgan fingerprint density at radius 2 is 1.81 bits per heavy atom. The first kappa shape index (κ1) is 14.7. The number of hydrogen-bond donors (Lipinski definition) is 3. The Morgan fingerprint density at radius 3 is 2.43 bits per heavy atom. The predicted octanol–water partition coefficient (Wildman–Crippen LogP) is 2.33. The number of hydrogen-bond acceptors (Lipinski definition) is 3. The SMILES string of the molecule is Cc1ccc(NC(=O)[C@H](N)c2ccccc2)c(C(=O)O)c1. The zero-order valence-electron chi connectivity index (χ0n) is 11.5. The van der Waals surface area contributed by atoms with Gasteiger partial charge in [-0.2, -0.15) is 0 Å². The normalized spacial score (nSPS) is 11.7. The van der Waals surface area contributed by atoms with Crippen molar-refractivity contribution in [3.63, 3.8) is 0 Å². The van der Waals surface area contributed by atoms with Crippen LogP contribution in [-0.4, -0.2) is 17.0 Å². The summed E-state index contributed by atoms with van der Waals surface area (Å²) in [6, 6.07) is 12.9. The van der Waals surface area contributed by atoms with Crippen molar-refractivity contribution in [3.8, 4) is 0 Å². The van der Waals surface area contributed by atoms with Gasteiger partial charge < -0.3 is 16.2 Å². The molecular formula is C16H16N2O3. The molecular weight excluding hydrogens is 268 g/mol. The Balaban J connectivity index is 2.22. The monoisotopic (exact) mass is 284 g/mol. The number of benzene rings is 2. The number of anilines is 1. The molecule has 0 aromatic heterocycles. The van der Waals surface area contributed by atoms with Crippen LogP contribution in [0.3, 0.4) is 0 Å². The molecule has 5 nitrogen and oxygen atoms in total. The lowest BCUT2D eigenvalue weighted by Gasteiger charge is -2.14. The number of amides is 1. The van der Waals surface area contributed by atoms with Crippen molar-refractivity contribution in [1.29, 1.82) is 0 Å². The number of carbonyl (C=O) groups excluding carboxylic acids is 1. The Morgan fingerprint density at radius 1 is 1.14 bits per heavy atom. The third kappa shape index (κ3) is 3.46. The smallest absolute Gasteiger partial charge is 0.337 e. The number of rotatable bonds is 4. The molecule has 0 unspecified atom stereocenters. The molecule has 108 valence electrons. The van der Waals surface area contributed by atoms with E-state index < -0.39 is 17.9 Å². The van der Waals surface area contributed by atoms with Crippen LogP contribution in [-0.2, 0) is 4.79 Å². The average molecular weight is 284 g/mol. The van der Waals surface area contributed by atoms with Gasteiger partial charge in [0.2, 0.25) is 5.91 Å². The zero-order valence-corrected chi connectivity index (χ0v) is 11.5. The van der Waals surface area contributed by atoms with Crippen molar-refractivity contribution in [2.75, 3.05) is 5.32 Å². The van der Waals surface area contributed by atoms with E-state index in [4.69, 9.17) is 5.73 Å². The molecule has 4 N–H and O–H groups in total. The fraction of sp³-hybridized carbons (Fsp3) is 0.125. The summed E-state index contributed by atoms with van der Waals surface area (Å²) in [6.45, 7) is 1.79. The van der Waals surface area contributed by atoms with Crippen molar-refractivity contribution in [1.82, 2.24) is 0 Å². The Bertz CT molecular complexity index is 668. The average Bonchev–Trinajstić information content (AvgIpc) is 2.49. The summed E-state index contributed by atoms with van der Waals surface area (Å²) in [4.78, 5) is 23.4. The topological polar surface area (TPSA) is 92.4 Å². The maximum absolute atomic E-state index is 12.1. The number of carboxylic acids is 1. The highest BCUT2D eigenvalue weighted by atomic mass is 16.4. The molecule has 0 aliphatic rings. The standard InChI is InChI=1S/C16H16N2O3/c1-10-7-8-13(12(9-10)16(20)21)18-15(19)14(17)11-5-3-2-4-6-11/h2-9,14H,17H2,1H3,(H,18,19)(H,20,21)/t14-/m1/s1. The van der Waals surface area contributed by atoms with Crippen LogP contribution in [0.15, 0.2) is 48.5 Å². The van der Waals surface area contributed by atoms with E-state index in [9.17, 15) is 14.7 Å². The van der Waals surface area contributed by atoms with Gasteiger partial charge in [0.25, 0.3) is 0 Å². The summed E-state index contributed by atoms with van der Waals surface area (Å²) >= 11 is 0. The predicted molar refractivity (Wildman–Crippen MR) is 80.1 cm³/mol. The van der Waals surface area contributed by atoms with Gasteiger partial charge in [0, 0.05) is 0 Å². The van der Waals surface area contributed by atoms with E-state index in [1.165, 1.54) is 6.07 Å². The molecule has 1 amide bonds. The van der Waals surface area contributed by atoms with E-state index in [0.717, 1.165) is 5.56 Å². The molecule has 2 rings (SSSR count). The van der Waals surface area contributed by atoms with E-state index in [2.05, 4.69) is 5.32 Å². The molecule has 0 heterocycles. The summed E-state index contributed by atoms with van der Waals surface area (Å²) in [5.74, 6) is -1.55. The van der Waals surface area contributed by atoms with E-state index >= 15 is 0 Å². The van der Waals surface area contributed by atoms with Crippen LogP contribution >= 0.6 is 0 Å². The minimum Gasteiger partial charge on any atom is -0.478 e. The molecule has 0 aliphatic heterocycles. The van der Waals surface area contributed by atoms with Crippen molar-refractivity contribution in [3.05, 3.63) is 65.2 Å². The summed E-state index contributed by atoms with van der Waals surface area (Å²) < 4.78 is 0. The molecule has 2 aromatic rings. The van der Waals surface area contributed by atoms with Crippen LogP contribution in [0.4, 0.5) is 5.69 Å². The molecule has 0 bridgehead atoms. The minimum absolute atomic E-state index is 0.0450. The fourth-order valence-electron chi connectivity index (χ4n) is 1.97. The summed E-state index contributed by atoms with van der Waals surface area (Å²) in [5.41, 5.74) is 7.64.